The van der Waals surface area contributed by atoms with Gasteiger partial charge in [0.1, 0.15) is 5.69 Å². The van der Waals surface area contributed by atoms with E-state index in [0.29, 0.717) is 6.54 Å². The first kappa shape index (κ1) is 13.7. The highest BCUT2D eigenvalue weighted by molar-refractivity contribution is 5.96. The molecule has 1 atom stereocenters. The third-order valence-corrected chi connectivity index (χ3v) is 2.66. The van der Waals surface area contributed by atoms with Crippen LogP contribution in [0.4, 0.5) is 0 Å². The van der Waals surface area contributed by atoms with Crippen molar-refractivity contribution < 1.29 is 14.7 Å². The molecule has 7 heteroatoms. The summed E-state index contributed by atoms with van der Waals surface area (Å²) in [5, 5.41) is 11.6. The van der Waals surface area contributed by atoms with Crippen LogP contribution in [0.25, 0.3) is 0 Å². The number of imidazole rings is 1. The predicted molar refractivity (Wildman–Crippen MR) is 70.4 cm³/mol. The number of aromatic carboxylic acids is 1. The summed E-state index contributed by atoms with van der Waals surface area (Å²) in [5.41, 5.74) is 0.120. The number of hydrogen-bond donors (Lipinski definition) is 2. The summed E-state index contributed by atoms with van der Waals surface area (Å²) in [5.74, 6) is -1.49. The van der Waals surface area contributed by atoms with Crippen molar-refractivity contribution in [1.82, 2.24) is 19.9 Å². The first-order chi connectivity index (χ1) is 9.56. The number of carbonyl (C=O) groups is 2. The van der Waals surface area contributed by atoms with E-state index in [0.717, 1.165) is 0 Å². The van der Waals surface area contributed by atoms with Crippen LogP contribution in [0, 0.1) is 0 Å². The normalized spacial score (nSPS) is 11.8. The summed E-state index contributed by atoms with van der Waals surface area (Å²) in [6.45, 7) is 2.44. The molecule has 0 fully saturated rings. The van der Waals surface area contributed by atoms with Crippen LogP contribution in [0.15, 0.2) is 37.1 Å². The first-order valence-corrected chi connectivity index (χ1v) is 6.02. The molecule has 2 N–H and O–H groups in total. The van der Waals surface area contributed by atoms with Gasteiger partial charge in [-0.05, 0) is 19.1 Å². The molecule has 0 aliphatic rings. The molecule has 0 aromatic carbocycles. The van der Waals surface area contributed by atoms with Gasteiger partial charge in [0, 0.05) is 36.7 Å². The Balaban J connectivity index is 2.00. The molecule has 0 aliphatic heterocycles. The van der Waals surface area contributed by atoms with Crippen molar-refractivity contribution in [2.24, 2.45) is 0 Å². The number of carboxylic acid groups (broad SMARTS) is 1. The molecule has 7 nitrogen and oxygen atoms in total. The molecule has 0 bridgehead atoms. The van der Waals surface area contributed by atoms with Gasteiger partial charge in [0.15, 0.2) is 0 Å². The lowest BCUT2D eigenvalue weighted by Crippen LogP contribution is -2.35. The topological polar surface area (TPSA) is 97.1 Å². The monoisotopic (exact) mass is 274 g/mol. The lowest BCUT2D eigenvalue weighted by Gasteiger charge is -2.14. The number of rotatable bonds is 5. The second-order valence-electron chi connectivity index (χ2n) is 4.37. The van der Waals surface area contributed by atoms with Crippen molar-refractivity contribution in [1.29, 1.82) is 0 Å². The highest BCUT2D eigenvalue weighted by Gasteiger charge is 2.13. The van der Waals surface area contributed by atoms with Crippen LogP contribution < -0.4 is 5.32 Å². The lowest BCUT2D eigenvalue weighted by molar-refractivity contribution is 0.0690. The highest BCUT2D eigenvalue weighted by atomic mass is 16.4. The van der Waals surface area contributed by atoms with Crippen molar-refractivity contribution in [3.63, 3.8) is 0 Å². The van der Waals surface area contributed by atoms with Gasteiger partial charge in [-0.15, -0.1) is 0 Å². The fourth-order valence-corrected chi connectivity index (χ4v) is 1.75. The summed E-state index contributed by atoms with van der Waals surface area (Å²) < 4.78 is 1.85. The van der Waals surface area contributed by atoms with Crippen LogP contribution >= 0.6 is 0 Å². The molecule has 0 saturated carbocycles. The molecule has 2 aromatic heterocycles. The maximum atomic E-state index is 12.0. The Morgan fingerprint density at radius 3 is 2.90 bits per heavy atom. The smallest absolute Gasteiger partial charge is 0.354 e. The van der Waals surface area contributed by atoms with E-state index >= 15 is 0 Å². The number of carbonyl (C=O) groups excluding carboxylic acids is 1. The van der Waals surface area contributed by atoms with Crippen LogP contribution in [0.5, 0.6) is 0 Å². The van der Waals surface area contributed by atoms with Gasteiger partial charge in [0.25, 0.3) is 5.91 Å². The van der Waals surface area contributed by atoms with Gasteiger partial charge in [-0.3, -0.25) is 4.79 Å². The highest BCUT2D eigenvalue weighted by Crippen LogP contribution is 2.03. The van der Waals surface area contributed by atoms with Crippen LogP contribution in [0.3, 0.4) is 0 Å². The molecule has 0 spiro atoms. The summed E-state index contributed by atoms with van der Waals surface area (Å²) in [7, 11) is 0. The Bertz CT molecular complexity index is 610. The van der Waals surface area contributed by atoms with E-state index in [1.54, 1.807) is 18.7 Å². The molecule has 2 rings (SSSR count). The van der Waals surface area contributed by atoms with Gasteiger partial charge in [-0.1, -0.05) is 0 Å². The van der Waals surface area contributed by atoms with Crippen molar-refractivity contribution in [3.05, 3.63) is 48.3 Å². The quantitative estimate of drug-likeness (QED) is 0.840. The molecule has 1 unspecified atom stereocenters. The van der Waals surface area contributed by atoms with Gasteiger partial charge in [0.2, 0.25) is 0 Å². The maximum absolute atomic E-state index is 12.0. The van der Waals surface area contributed by atoms with Crippen LogP contribution in [0.2, 0.25) is 0 Å². The van der Waals surface area contributed by atoms with Crippen LogP contribution in [-0.2, 0) is 6.54 Å². The maximum Gasteiger partial charge on any atom is 0.354 e. The number of pyridine rings is 1. The zero-order chi connectivity index (χ0) is 14.5. The summed E-state index contributed by atoms with van der Waals surface area (Å²) >= 11 is 0. The van der Waals surface area contributed by atoms with E-state index in [9.17, 15) is 9.59 Å². The average molecular weight is 274 g/mol. The van der Waals surface area contributed by atoms with Gasteiger partial charge in [-0.2, -0.15) is 0 Å². The van der Waals surface area contributed by atoms with Crippen LogP contribution in [-0.4, -0.2) is 37.6 Å². The minimum Gasteiger partial charge on any atom is -0.477 e. The van der Waals surface area contributed by atoms with Gasteiger partial charge in [0.05, 0.1) is 6.33 Å². The molecule has 1 amide bonds. The van der Waals surface area contributed by atoms with Crippen molar-refractivity contribution >= 4 is 11.9 Å². The second-order valence-corrected chi connectivity index (χ2v) is 4.37. The van der Waals surface area contributed by atoms with E-state index < -0.39 is 5.97 Å². The zero-order valence-electron chi connectivity index (χ0n) is 10.9. The van der Waals surface area contributed by atoms with Crippen LogP contribution in [0.1, 0.15) is 27.8 Å². The number of carboxylic acids is 1. The first-order valence-electron chi connectivity index (χ1n) is 6.02. The van der Waals surface area contributed by atoms with Crippen molar-refractivity contribution in [2.75, 3.05) is 0 Å². The SMILES string of the molecule is CC(Cn1ccnc1)NC(=O)c1ccnc(C(=O)O)c1. The summed E-state index contributed by atoms with van der Waals surface area (Å²) in [6.07, 6.45) is 6.44. The largest absolute Gasteiger partial charge is 0.477 e. The zero-order valence-corrected chi connectivity index (χ0v) is 10.9. The molecule has 0 radical (unpaired) electrons. The number of amides is 1. The minimum atomic E-state index is -1.16. The molecule has 2 heterocycles. The molecule has 104 valence electrons. The summed E-state index contributed by atoms with van der Waals surface area (Å²) in [4.78, 5) is 30.4. The molecular formula is C13H14N4O3. The van der Waals surface area contributed by atoms with Crippen molar-refractivity contribution in [3.8, 4) is 0 Å². The number of nitrogens with zero attached hydrogens (tertiary/aromatic N) is 3. The Kier molecular flexibility index (Phi) is 4.09. The second kappa shape index (κ2) is 5.96. The van der Waals surface area contributed by atoms with Gasteiger partial charge in [-0.25, -0.2) is 14.8 Å². The van der Waals surface area contributed by atoms with E-state index in [2.05, 4.69) is 15.3 Å². The van der Waals surface area contributed by atoms with Gasteiger partial charge >= 0.3 is 5.97 Å². The third kappa shape index (κ3) is 3.41. The van der Waals surface area contributed by atoms with E-state index in [1.165, 1.54) is 18.3 Å². The Hall–Kier alpha value is -2.70. The number of nitrogens with one attached hydrogen (secondary N) is 1. The Morgan fingerprint density at radius 2 is 2.25 bits per heavy atom. The van der Waals surface area contributed by atoms with Gasteiger partial charge < -0.3 is 15.0 Å². The van der Waals surface area contributed by atoms with E-state index in [1.807, 2.05) is 11.5 Å². The predicted octanol–water partition coefficient (Wildman–Crippen LogP) is 0.795. The summed E-state index contributed by atoms with van der Waals surface area (Å²) in [6, 6.07) is 2.62. The number of hydrogen-bond acceptors (Lipinski definition) is 4. The fourth-order valence-electron chi connectivity index (χ4n) is 1.75. The minimum absolute atomic E-state index is 0.113. The molecule has 20 heavy (non-hydrogen) atoms. The molecular weight excluding hydrogens is 260 g/mol. The average Bonchev–Trinajstić information content (AvgIpc) is 2.91. The molecule has 2 aromatic rings. The Morgan fingerprint density at radius 1 is 1.45 bits per heavy atom. The van der Waals surface area contributed by atoms with E-state index in [4.69, 9.17) is 5.11 Å². The third-order valence-electron chi connectivity index (χ3n) is 2.66. The molecule has 0 saturated heterocycles. The molecule has 0 aliphatic carbocycles. The van der Waals surface area contributed by atoms with E-state index in [-0.39, 0.29) is 23.2 Å². The fraction of sp³-hybridized carbons (Fsp3) is 0.231. The van der Waals surface area contributed by atoms with Crippen molar-refractivity contribution in [2.45, 2.75) is 19.5 Å². The standard InChI is InChI=1S/C13H14N4O3/c1-9(7-17-5-4-14-8-17)16-12(18)10-2-3-15-11(6-10)13(19)20/h2-6,8-9H,7H2,1H3,(H,16,18)(H,19,20). The lowest BCUT2D eigenvalue weighted by atomic mass is 10.2. The Labute approximate surface area is 115 Å². The number of aromatic nitrogens is 3.